The molecule has 0 aliphatic rings. The summed E-state index contributed by atoms with van der Waals surface area (Å²) in [5.74, 6) is -0.654. The maximum absolute atomic E-state index is 10.7. The molecule has 0 unspecified atom stereocenters. The number of carboxylic acids is 1. The van der Waals surface area contributed by atoms with E-state index in [4.69, 9.17) is 10.8 Å². The van der Waals surface area contributed by atoms with Crippen molar-refractivity contribution in [3.8, 4) is 0 Å². The minimum absolute atomic E-state index is 0.0450. The molecule has 1 aromatic rings. The highest BCUT2D eigenvalue weighted by molar-refractivity contribution is 7.99. The Morgan fingerprint density at radius 1 is 1.56 bits per heavy atom. The normalized spacial score (nSPS) is 10.0. The molecule has 0 atom stereocenters. The molecule has 0 saturated heterocycles. The fourth-order valence-corrected chi connectivity index (χ4v) is 2.05. The van der Waals surface area contributed by atoms with Gasteiger partial charge in [-0.15, -0.1) is 11.8 Å². The summed E-state index contributed by atoms with van der Waals surface area (Å²) >= 11 is 1.12. The molecule has 7 heteroatoms. The molecule has 0 radical (unpaired) electrons. The van der Waals surface area contributed by atoms with E-state index in [2.05, 4.69) is 0 Å². The van der Waals surface area contributed by atoms with Gasteiger partial charge in [0, 0.05) is 17.5 Å². The highest BCUT2D eigenvalue weighted by Crippen LogP contribution is 2.31. The van der Waals surface area contributed by atoms with Crippen LogP contribution in [0.4, 0.5) is 11.4 Å². The first-order valence-corrected chi connectivity index (χ1v) is 5.38. The van der Waals surface area contributed by atoms with Gasteiger partial charge in [0.15, 0.2) is 0 Å². The Kier molecular flexibility index (Phi) is 4.12. The molecule has 0 heterocycles. The SMILES string of the molecule is Nc1ccc([N+](=O)[O-])c(SCCC(=O)O)c1. The fraction of sp³-hybridized carbons (Fsp3) is 0.222. The van der Waals surface area contributed by atoms with Crippen LogP contribution in [0.1, 0.15) is 6.42 Å². The Morgan fingerprint density at radius 3 is 2.81 bits per heavy atom. The summed E-state index contributed by atoms with van der Waals surface area (Å²) in [6.45, 7) is 0. The number of nitrogens with two attached hydrogens (primary N) is 1. The smallest absolute Gasteiger partial charge is 0.304 e. The van der Waals surface area contributed by atoms with Gasteiger partial charge in [0.25, 0.3) is 5.69 Å². The Labute approximate surface area is 95.6 Å². The van der Waals surface area contributed by atoms with Gasteiger partial charge in [0.1, 0.15) is 0 Å². The molecule has 0 amide bonds. The molecule has 0 bridgehead atoms. The van der Waals surface area contributed by atoms with Crippen LogP contribution in [0.3, 0.4) is 0 Å². The fourth-order valence-electron chi connectivity index (χ4n) is 1.05. The molecule has 1 aromatic carbocycles. The summed E-state index contributed by atoms with van der Waals surface area (Å²) in [4.78, 5) is 20.9. The second-order valence-electron chi connectivity index (χ2n) is 2.98. The van der Waals surface area contributed by atoms with Crippen molar-refractivity contribution in [2.75, 3.05) is 11.5 Å². The molecular weight excluding hydrogens is 232 g/mol. The van der Waals surface area contributed by atoms with Crippen LogP contribution in [0.15, 0.2) is 23.1 Å². The lowest BCUT2D eigenvalue weighted by molar-refractivity contribution is -0.387. The number of hydrogen-bond acceptors (Lipinski definition) is 5. The number of nitrogens with zero attached hydrogens (tertiary/aromatic N) is 1. The predicted octanol–water partition coefficient (Wildman–Crippen LogP) is 1.74. The van der Waals surface area contributed by atoms with Crippen molar-refractivity contribution in [2.24, 2.45) is 0 Å². The van der Waals surface area contributed by atoms with Crippen molar-refractivity contribution in [3.05, 3.63) is 28.3 Å². The van der Waals surface area contributed by atoms with Crippen molar-refractivity contribution >= 4 is 29.1 Å². The van der Waals surface area contributed by atoms with Gasteiger partial charge >= 0.3 is 5.97 Å². The largest absolute Gasteiger partial charge is 0.481 e. The van der Waals surface area contributed by atoms with Crippen molar-refractivity contribution in [1.82, 2.24) is 0 Å². The molecule has 86 valence electrons. The first-order valence-electron chi connectivity index (χ1n) is 4.39. The van der Waals surface area contributed by atoms with E-state index < -0.39 is 10.9 Å². The molecule has 16 heavy (non-hydrogen) atoms. The maximum Gasteiger partial charge on any atom is 0.304 e. The summed E-state index contributed by atoms with van der Waals surface area (Å²) in [6, 6.07) is 4.24. The lowest BCUT2D eigenvalue weighted by atomic mass is 10.3. The quantitative estimate of drug-likeness (QED) is 0.352. The van der Waals surface area contributed by atoms with E-state index in [0.717, 1.165) is 11.8 Å². The first kappa shape index (κ1) is 12.3. The molecule has 1 rings (SSSR count). The van der Waals surface area contributed by atoms with Gasteiger partial charge in [0.2, 0.25) is 0 Å². The minimum atomic E-state index is -0.931. The van der Waals surface area contributed by atoms with Crippen LogP contribution in [-0.2, 0) is 4.79 Å². The lowest BCUT2D eigenvalue weighted by Crippen LogP contribution is -1.97. The molecule has 3 N–H and O–H groups in total. The Morgan fingerprint density at radius 2 is 2.25 bits per heavy atom. The number of nitro groups is 1. The van der Waals surface area contributed by atoms with Gasteiger partial charge in [-0.2, -0.15) is 0 Å². The van der Waals surface area contributed by atoms with Crippen LogP contribution in [0.2, 0.25) is 0 Å². The Hall–Kier alpha value is -1.76. The van der Waals surface area contributed by atoms with Crippen molar-refractivity contribution in [1.29, 1.82) is 0 Å². The van der Waals surface area contributed by atoms with Gasteiger partial charge in [-0.25, -0.2) is 0 Å². The van der Waals surface area contributed by atoms with Gasteiger partial charge in [-0.1, -0.05) is 0 Å². The maximum atomic E-state index is 10.7. The second-order valence-corrected chi connectivity index (χ2v) is 4.11. The minimum Gasteiger partial charge on any atom is -0.481 e. The van der Waals surface area contributed by atoms with E-state index >= 15 is 0 Å². The van der Waals surface area contributed by atoms with Gasteiger partial charge < -0.3 is 10.8 Å². The Bertz CT molecular complexity index is 422. The summed E-state index contributed by atoms with van der Waals surface area (Å²) in [6.07, 6.45) is -0.0450. The summed E-state index contributed by atoms with van der Waals surface area (Å²) in [5, 5.41) is 19.1. The van der Waals surface area contributed by atoms with Crippen LogP contribution >= 0.6 is 11.8 Å². The molecule has 0 aliphatic carbocycles. The first-order chi connectivity index (χ1) is 7.50. The third kappa shape index (κ3) is 3.43. The van der Waals surface area contributed by atoms with Crippen LogP contribution in [0, 0.1) is 10.1 Å². The number of hydrogen-bond donors (Lipinski definition) is 2. The molecular formula is C9H10N2O4S. The average molecular weight is 242 g/mol. The van der Waals surface area contributed by atoms with Gasteiger partial charge in [-0.05, 0) is 12.1 Å². The third-order valence-electron chi connectivity index (χ3n) is 1.75. The van der Waals surface area contributed by atoms with Gasteiger partial charge in [0.05, 0.1) is 16.2 Å². The van der Waals surface area contributed by atoms with E-state index in [0.29, 0.717) is 10.6 Å². The third-order valence-corrected chi connectivity index (χ3v) is 2.80. The number of carbonyl (C=O) groups is 1. The average Bonchev–Trinajstić information content (AvgIpc) is 2.16. The zero-order chi connectivity index (χ0) is 12.1. The molecule has 0 aromatic heterocycles. The number of aliphatic carboxylic acids is 1. The van der Waals surface area contributed by atoms with Crippen molar-refractivity contribution in [2.45, 2.75) is 11.3 Å². The lowest BCUT2D eigenvalue weighted by Gasteiger charge is -2.02. The van der Waals surface area contributed by atoms with Crippen LogP contribution in [0.5, 0.6) is 0 Å². The predicted molar refractivity (Wildman–Crippen MR) is 60.5 cm³/mol. The number of nitrogen functional groups attached to an aromatic ring is 1. The second kappa shape index (κ2) is 5.36. The zero-order valence-corrected chi connectivity index (χ0v) is 9.07. The van der Waals surface area contributed by atoms with Crippen molar-refractivity contribution in [3.63, 3.8) is 0 Å². The van der Waals surface area contributed by atoms with E-state index in [-0.39, 0.29) is 17.9 Å². The topological polar surface area (TPSA) is 106 Å². The van der Waals surface area contributed by atoms with Crippen LogP contribution < -0.4 is 5.73 Å². The number of benzene rings is 1. The van der Waals surface area contributed by atoms with E-state index in [1.54, 1.807) is 0 Å². The molecule has 6 nitrogen and oxygen atoms in total. The summed E-state index contributed by atoms with van der Waals surface area (Å²) in [7, 11) is 0. The zero-order valence-electron chi connectivity index (χ0n) is 8.25. The molecule has 0 spiro atoms. The van der Waals surface area contributed by atoms with Crippen molar-refractivity contribution < 1.29 is 14.8 Å². The monoisotopic (exact) mass is 242 g/mol. The van der Waals surface area contributed by atoms with E-state index in [1.165, 1.54) is 18.2 Å². The highest BCUT2D eigenvalue weighted by Gasteiger charge is 2.14. The Balaban J connectivity index is 2.80. The van der Waals surface area contributed by atoms with Crippen LogP contribution in [0.25, 0.3) is 0 Å². The highest BCUT2D eigenvalue weighted by atomic mass is 32.2. The standard InChI is InChI=1S/C9H10N2O4S/c10-6-1-2-7(11(14)15)8(5-6)16-4-3-9(12)13/h1-2,5H,3-4,10H2,(H,12,13). The number of anilines is 1. The van der Waals surface area contributed by atoms with Gasteiger partial charge in [-0.3, -0.25) is 14.9 Å². The van der Waals surface area contributed by atoms with E-state index in [9.17, 15) is 14.9 Å². The number of rotatable bonds is 5. The molecule has 0 fully saturated rings. The summed E-state index contributed by atoms with van der Waals surface area (Å²) < 4.78 is 0. The number of nitro benzene ring substituents is 1. The molecule has 0 aliphatic heterocycles. The van der Waals surface area contributed by atoms with E-state index in [1.807, 2.05) is 0 Å². The number of carboxylic acid groups (broad SMARTS) is 1. The summed E-state index contributed by atoms with van der Waals surface area (Å²) in [5.41, 5.74) is 5.88. The number of thioether (sulfide) groups is 1. The van der Waals surface area contributed by atoms with Crippen LogP contribution in [-0.4, -0.2) is 21.8 Å². The molecule has 0 saturated carbocycles.